The van der Waals surface area contributed by atoms with Gasteiger partial charge in [0.2, 0.25) is 0 Å². The van der Waals surface area contributed by atoms with E-state index in [1.807, 2.05) is 18.3 Å². The third-order valence-electron chi connectivity index (χ3n) is 5.93. The van der Waals surface area contributed by atoms with Crippen LogP contribution >= 0.6 is 0 Å². The van der Waals surface area contributed by atoms with Crippen LogP contribution in [-0.2, 0) is 13.0 Å². The molecule has 0 saturated heterocycles. The van der Waals surface area contributed by atoms with Gasteiger partial charge in [-0.3, -0.25) is 0 Å². The maximum absolute atomic E-state index is 4.91. The van der Waals surface area contributed by atoms with Crippen molar-refractivity contribution >= 4 is 11.0 Å². The molecule has 2 aromatic carbocycles. The van der Waals surface area contributed by atoms with Gasteiger partial charge in [-0.25, -0.2) is 9.31 Å². The number of aromatic nitrogens is 4. The highest BCUT2D eigenvalue weighted by molar-refractivity contribution is 5.76. The zero-order valence-corrected chi connectivity index (χ0v) is 17.0. The Morgan fingerprint density at radius 3 is 2.86 bits per heavy atom. The third-order valence-corrected chi connectivity index (χ3v) is 5.93. The molecule has 6 nitrogen and oxygen atoms in total. The molecule has 2 heterocycles. The number of fused-ring (bicyclic) bond motifs is 2. The number of hydrogen-bond donors (Lipinski definition) is 1. The van der Waals surface area contributed by atoms with Crippen LogP contribution in [0.15, 0.2) is 53.3 Å². The second-order valence-electron chi connectivity index (χ2n) is 8.77. The van der Waals surface area contributed by atoms with Gasteiger partial charge in [0, 0.05) is 23.8 Å². The lowest BCUT2D eigenvalue weighted by molar-refractivity contribution is 0.253. The van der Waals surface area contributed by atoms with E-state index in [4.69, 9.17) is 9.73 Å². The van der Waals surface area contributed by atoms with Gasteiger partial charge >= 0.3 is 0 Å². The maximum atomic E-state index is 4.91. The molecule has 5 rings (SSSR count). The topological polar surface area (TPSA) is 68.8 Å². The Balaban J connectivity index is 1.48. The van der Waals surface area contributed by atoms with Crippen molar-refractivity contribution < 1.29 is 4.63 Å². The van der Waals surface area contributed by atoms with Crippen LogP contribution in [0.1, 0.15) is 48.7 Å². The smallest absolute Gasteiger partial charge is 0.139 e. The second kappa shape index (κ2) is 6.81. The molecule has 0 fully saturated rings. The van der Waals surface area contributed by atoms with E-state index in [0.717, 1.165) is 35.1 Å². The normalized spacial score (nSPS) is 18.1. The number of para-hydroxylation sites is 1. The van der Waals surface area contributed by atoms with Crippen molar-refractivity contribution in [3.05, 3.63) is 71.0 Å². The number of aryl methyl sites for hydroxylation is 1. The van der Waals surface area contributed by atoms with Gasteiger partial charge < -0.3 is 5.32 Å². The summed E-state index contributed by atoms with van der Waals surface area (Å²) in [4.78, 5) is 0. The molecule has 2 aromatic heterocycles. The largest absolute Gasteiger partial charge is 0.306 e. The van der Waals surface area contributed by atoms with Gasteiger partial charge in [-0.1, -0.05) is 44.2 Å². The fourth-order valence-electron chi connectivity index (χ4n) is 4.47. The highest BCUT2D eigenvalue weighted by Gasteiger charge is 2.35. The fourth-order valence-corrected chi connectivity index (χ4v) is 4.47. The Bertz CT molecular complexity index is 1170. The molecule has 0 spiro atoms. The maximum Gasteiger partial charge on any atom is 0.139 e. The minimum atomic E-state index is 0.187. The number of benzene rings is 2. The molecule has 0 aliphatic heterocycles. The minimum absolute atomic E-state index is 0.187. The Labute approximate surface area is 169 Å². The molecular formula is C23H25N5O. The lowest BCUT2D eigenvalue weighted by Gasteiger charge is -2.36. The number of hydrogen-bond acceptors (Lipinski definition) is 5. The molecule has 4 aromatic rings. The first kappa shape index (κ1) is 18.1. The van der Waals surface area contributed by atoms with Crippen molar-refractivity contribution in [3.63, 3.8) is 0 Å². The monoisotopic (exact) mass is 387 g/mol. The Morgan fingerprint density at radius 1 is 1.14 bits per heavy atom. The molecule has 1 atom stereocenters. The van der Waals surface area contributed by atoms with Gasteiger partial charge in [0.1, 0.15) is 11.0 Å². The van der Waals surface area contributed by atoms with E-state index in [0.29, 0.717) is 6.54 Å². The van der Waals surface area contributed by atoms with E-state index in [-0.39, 0.29) is 11.5 Å². The minimum Gasteiger partial charge on any atom is -0.306 e. The summed E-state index contributed by atoms with van der Waals surface area (Å²) in [5.41, 5.74) is 7.88. The van der Waals surface area contributed by atoms with Gasteiger partial charge in [0.05, 0.1) is 11.9 Å². The summed E-state index contributed by atoms with van der Waals surface area (Å²) in [7, 11) is 0. The predicted molar refractivity (Wildman–Crippen MR) is 112 cm³/mol. The Morgan fingerprint density at radius 2 is 2.00 bits per heavy atom. The van der Waals surface area contributed by atoms with E-state index in [2.05, 4.69) is 71.4 Å². The van der Waals surface area contributed by atoms with Gasteiger partial charge in [0.15, 0.2) is 0 Å². The van der Waals surface area contributed by atoms with Crippen molar-refractivity contribution in [1.29, 1.82) is 0 Å². The Kier molecular flexibility index (Phi) is 4.24. The first-order valence-electron chi connectivity index (χ1n) is 10.1. The zero-order chi connectivity index (χ0) is 20.0. The van der Waals surface area contributed by atoms with Crippen LogP contribution in [0.2, 0.25) is 0 Å². The van der Waals surface area contributed by atoms with Crippen molar-refractivity contribution in [3.8, 4) is 5.69 Å². The molecule has 1 aliphatic rings. The van der Waals surface area contributed by atoms with Crippen LogP contribution in [0.25, 0.3) is 16.7 Å². The molecule has 0 radical (unpaired) electrons. The summed E-state index contributed by atoms with van der Waals surface area (Å²) < 4.78 is 7.04. The van der Waals surface area contributed by atoms with E-state index < -0.39 is 0 Å². The van der Waals surface area contributed by atoms with Crippen LogP contribution in [0.3, 0.4) is 0 Å². The quantitative estimate of drug-likeness (QED) is 0.558. The van der Waals surface area contributed by atoms with E-state index in [1.165, 1.54) is 16.8 Å². The third kappa shape index (κ3) is 3.23. The van der Waals surface area contributed by atoms with Gasteiger partial charge in [-0.15, -0.1) is 0 Å². The summed E-state index contributed by atoms with van der Waals surface area (Å²) in [6, 6.07) is 14.7. The average Bonchev–Trinajstić information content (AvgIpc) is 3.33. The molecule has 1 N–H and O–H groups in total. The zero-order valence-electron chi connectivity index (χ0n) is 17.0. The van der Waals surface area contributed by atoms with Crippen LogP contribution in [0.4, 0.5) is 0 Å². The molecule has 0 bridgehead atoms. The summed E-state index contributed by atoms with van der Waals surface area (Å²) in [6.45, 7) is 7.52. The molecule has 1 aliphatic carbocycles. The lowest BCUT2D eigenvalue weighted by Crippen LogP contribution is -2.33. The summed E-state index contributed by atoms with van der Waals surface area (Å²) >= 11 is 0. The van der Waals surface area contributed by atoms with Crippen LogP contribution in [-0.4, -0.2) is 20.1 Å². The van der Waals surface area contributed by atoms with Crippen molar-refractivity contribution in [2.24, 2.45) is 5.41 Å². The molecule has 148 valence electrons. The van der Waals surface area contributed by atoms with Gasteiger partial charge in [-0.05, 0) is 58.8 Å². The lowest BCUT2D eigenvalue weighted by atomic mass is 9.74. The van der Waals surface area contributed by atoms with E-state index in [1.54, 1.807) is 0 Å². The van der Waals surface area contributed by atoms with Crippen molar-refractivity contribution in [2.45, 2.75) is 46.2 Å². The van der Waals surface area contributed by atoms with Crippen LogP contribution < -0.4 is 5.32 Å². The molecule has 0 saturated carbocycles. The number of nitrogens with one attached hydrogen (secondary N) is 1. The average molecular weight is 387 g/mol. The molecule has 0 amide bonds. The summed E-state index contributed by atoms with van der Waals surface area (Å²) in [5.74, 6) is 0. The predicted octanol–water partition coefficient (Wildman–Crippen LogP) is 4.52. The molecule has 1 unspecified atom stereocenters. The first-order chi connectivity index (χ1) is 14.0. The van der Waals surface area contributed by atoms with Crippen LogP contribution in [0, 0.1) is 12.3 Å². The number of nitrogens with zero attached hydrogens (tertiary/aromatic N) is 4. The fraction of sp³-hybridized carbons (Fsp3) is 0.348. The molecule has 29 heavy (non-hydrogen) atoms. The highest BCUT2D eigenvalue weighted by Crippen LogP contribution is 2.41. The van der Waals surface area contributed by atoms with Gasteiger partial charge in [-0.2, -0.15) is 5.10 Å². The SMILES string of the molecule is Cc1ccccc1-n1ncc2c1CC(C)(C)CC2NCc1cccc2nonc12. The highest BCUT2D eigenvalue weighted by atomic mass is 16.6. The van der Waals surface area contributed by atoms with Gasteiger partial charge in [0.25, 0.3) is 0 Å². The van der Waals surface area contributed by atoms with Crippen molar-refractivity contribution in [2.75, 3.05) is 0 Å². The first-order valence-corrected chi connectivity index (χ1v) is 10.1. The molecule has 6 heteroatoms. The Hall–Kier alpha value is -2.99. The number of rotatable bonds is 4. The van der Waals surface area contributed by atoms with Crippen LogP contribution in [0.5, 0.6) is 0 Å². The second-order valence-corrected chi connectivity index (χ2v) is 8.77. The summed E-state index contributed by atoms with van der Waals surface area (Å²) in [6.07, 6.45) is 4.11. The molecular weight excluding hydrogens is 362 g/mol. The van der Waals surface area contributed by atoms with E-state index >= 15 is 0 Å². The standard InChI is InChI=1S/C23H25N5O/c1-15-7-4-5-10-20(15)28-21-12-23(2,3)11-19(17(21)14-25-28)24-13-16-8-6-9-18-22(16)27-29-26-18/h4-10,14,19,24H,11-13H2,1-3H3. The van der Waals surface area contributed by atoms with E-state index in [9.17, 15) is 0 Å². The van der Waals surface area contributed by atoms with Crippen molar-refractivity contribution in [1.82, 2.24) is 25.4 Å². The summed E-state index contributed by atoms with van der Waals surface area (Å²) in [5, 5.41) is 16.5.